The highest BCUT2D eigenvalue weighted by molar-refractivity contribution is 5.94. The van der Waals surface area contributed by atoms with E-state index >= 15 is 0 Å². The molecule has 0 unspecified atom stereocenters. The topological polar surface area (TPSA) is 24.9 Å². The van der Waals surface area contributed by atoms with Crippen molar-refractivity contribution in [3.63, 3.8) is 0 Å². The molecule has 2 heteroatoms. The van der Waals surface area contributed by atoms with Gasteiger partial charge >= 0.3 is 0 Å². The first-order valence-corrected chi connectivity index (χ1v) is 7.45. The van der Waals surface area contributed by atoms with E-state index in [1.165, 1.54) is 53.6 Å². The van der Waals surface area contributed by atoms with Gasteiger partial charge in [-0.25, -0.2) is 0 Å². The Morgan fingerprint density at radius 3 is 2.79 bits per heavy atom. The fraction of sp³-hybridized carbons (Fsp3) is 0.471. The molecule has 2 aromatic rings. The van der Waals surface area contributed by atoms with Crippen LogP contribution in [0.25, 0.3) is 10.9 Å². The summed E-state index contributed by atoms with van der Waals surface area (Å²) in [5.74, 6) is 0. The van der Waals surface area contributed by atoms with Crippen molar-refractivity contribution in [3.05, 3.63) is 35.0 Å². The Hall–Kier alpha value is -1.57. The molecule has 0 fully saturated rings. The summed E-state index contributed by atoms with van der Waals surface area (Å²) in [6, 6.07) is 6.69. The van der Waals surface area contributed by atoms with Gasteiger partial charge in [0.05, 0.1) is 5.52 Å². The van der Waals surface area contributed by atoms with E-state index in [1.54, 1.807) is 0 Å². The molecular formula is C17H22N2. The Morgan fingerprint density at radius 2 is 2.00 bits per heavy atom. The molecule has 0 amide bonds. The highest BCUT2D eigenvalue weighted by Gasteiger charge is 2.16. The zero-order valence-electron chi connectivity index (χ0n) is 11.9. The summed E-state index contributed by atoms with van der Waals surface area (Å²) >= 11 is 0. The van der Waals surface area contributed by atoms with Crippen molar-refractivity contribution < 1.29 is 0 Å². The number of hydrogen-bond acceptors (Lipinski definition) is 2. The number of aromatic nitrogens is 1. The number of nitrogens with one attached hydrogen (secondary N) is 1. The highest BCUT2D eigenvalue weighted by Crippen LogP contribution is 2.33. The summed E-state index contributed by atoms with van der Waals surface area (Å²) < 4.78 is 0. The molecule has 1 aromatic heterocycles. The van der Waals surface area contributed by atoms with Crippen LogP contribution < -0.4 is 5.32 Å². The van der Waals surface area contributed by atoms with E-state index in [-0.39, 0.29) is 0 Å². The third-order valence-electron chi connectivity index (χ3n) is 4.23. The van der Waals surface area contributed by atoms with Crippen LogP contribution in [0.15, 0.2) is 18.2 Å². The zero-order chi connectivity index (χ0) is 13.2. The third-order valence-corrected chi connectivity index (χ3v) is 4.23. The highest BCUT2D eigenvalue weighted by atomic mass is 14.8. The van der Waals surface area contributed by atoms with Crippen molar-refractivity contribution >= 4 is 16.6 Å². The lowest BCUT2D eigenvalue weighted by atomic mass is 10.00. The van der Waals surface area contributed by atoms with Gasteiger partial charge in [0.15, 0.2) is 0 Å². The van der Waals surface area contributed by atoms with Crippen LogP contribution in [0.3, 0.4) is 0 Å². The van der Waals surface area contributed by atoms with Crippen LogP contribution in [0.2, 0.25) is 0 Å². The van der Waals surface area contributed by atoms with E-state index in [1.807, 2.05) is 7.05 Å². The molecule has 1 N–H and O–H groups in total. The van der Waals surface area contributed by atoms with Crippen molar-refractivity contribution in [2.45, 2.75) is 45.4 Å². The number of pyridine rings is 1. The SMILES string of the molecule is CCc1ccc2nc3c(c(NC)c2c1)CCCCC3. The number of hydrogen-bond donors (Lipinski definition) is 1. The number of aryl methyl sites for hydroxylation is 2. The Morgan fingerprint density at radius 1 is 1.16 bits per heavy atom. The van der Waals surface area contributed by atoms with Crippen LogP contribution in [0.1, 0.15) is 43.0 Å². The van der Waals surface area contributed by atoms with Gasteiger partial charge in [-0.2, -0.15) is 0 Å². The average Bonchev–Trinajstić information content (AvgIpc) is 2.69. The van der Waals surface area contributed by atoms with Crippen LogP contribution in [0.4, 0.5) is 5.69 Å². The number of anilines is 1. The Bertz CT molecular complexity index is 602. The molecule has 0 radical (unpaired) electrons. The quantitative estimate of drug-likeness (QED) is 0.816. The molecule has 0 saturated carbocycles. The molecule has 0 aliphatic heterocycles. The van der Waals surface area contributed by atoms with E-state index in [0.29, 0.717) is 0 Å². The molecule has 1 aliphatic carbocycles. The fourth-order valence-electron chi connectivity index (χ4n) is 3.15. The van der Waals surface area contributed by atoms with E-state index in [9.17, 15) is 0 Å². The molecule has 19 heavy (non-hydrogen) atoms. The van der Waals surface area contributed by atoms with Gasteiger partial charge in [0.2, 0.25) is 0 Å². The number of fused-ring (bicyclic) bond motifs is 2. The largest absolute Gasteiger partial charge is 0.387 e. The van der Waals surface area contributed by atoms with Gasteiger partial charge in [0.1, 0.15) is 0 Å². The molecule has 1 aromatic carbocycles. The van der Waals surface area contributed by atoms with E-state index in [4.69, 9.17) is 4.98 Å². The lowest BCUT2D eigenvalue weighted by Crippen LogP contribution is -2.03. The average molecular weight is 254 g/mol. The van der Waals surface area contributed by atoms with Crippen LogP contribution in [-0.2, 0) is 19.3 Å². The Kier molecular flexibility index (Phi) is 3.41. The molecule has 0 spiro atoms. The monoisotopic (exact) mass is 254 g/mol. The summed E-state index contributed by atoms with van der Waals surface area (Å²) in [5.41, 5.74) is 6.62. The second-order valence-corrected chi connectivity index (χ2v) is 5.43. The molecule has 3 rings (SSSR count). The number of rotatable bonds is 2. The molecule has 1 aliphatic rings. The van der Waals surface area contributed by atoms with Gasteiger partial charge in [-0.3, -0.25) is 4.98 Å². The van der Waals surface area contributed by atoms with Gasteiger partial charge in [-0.1, -0.05) is 19.4 Å². The van der Waals surface area contributed by atoms with Gasteiger partial charge in [-0.05, 0) is 55.4 Å². The Balaban J connectivity index is 2.27. The minimum atomic E-state index is 1.08. The summed E-state index contributed by atoms with van der Waals surface area (Å²) in [5, 5.41) is 4.73. The predicted octanol–water partition coefficient (Wildman–Crippen LogP) is 4.11. The summed E-state index contributed by atoms with van der Waals surface area (Å²) in [6.07, 6.45) is 7.29. The standard InChI is InChI=1S/C17H22N2/c1-3-12-9-10-16-14(11-12)17(18-2)13-7-5-4-6-8-15(13)19-16/h9-11H,3-8H2,1-2H3,(H,18,19). The number of nitrogens with zero attached hydrogens (tertiary/aromatic N) is 1. The second kappa shape index (κ2) is 5.20. The first-order chi connectivity index (χ1) is 9.33. The molecule has 1 heterocycles. The molecule has 2 nitrogen and oxygen atoms in total. The lowest BCUT2D eigenvalue weighted by Gasteiger charge is -2.15. The Labute approximate surface area is 115 Å². The summed E-state index contributed by atoms with van der Waals surface area (Å²) in [7, 11) is 2.04. The summed E-state index contributed by atoms with van der Waals surface area (Å²) in [6.45, 7) is 2.21. The maximum Gasteiger partial charge on any atom is 0.0726 e. The molecule has 0 atom stereocenters. The first-order valence-electron chi connectivity index (χ1n) is 7.45. The smallest absolute Gasteiger partial charge is 0.0726 e. The van der Waals surface area contributed by atoms with E-state index in [2.05, 4.69) is 30.4 Å². The van der Waals surface area contributed by atoms with Crippen molar-refractivity contribution in [1.82, 2.24) is 4.98 Å². The van der Waals surface area contributed by atoms with Crippen LogP contribution >= 0.6 is 0 Å². The lowest BCUT2D eigenvalue weighted by molar-refractivity contribution is 0.709. The molecule has 0 bridgehead atoms. The van der Waals surface area contributed by atoms with Gasteiger partial charge in [0, 0.05) is 23.8 Å². The predicted molar refractivity (Wildman–Crippen MR) is 81.9 cm³/mol. The third kappa shape index (κ3) is 2.20. The molecular weight excluding hydrogens is 232 g/mol. The van der Waals surface area contributed by atoms with Gasteiger partial charge in [-0.15, -0.1) is 0 Å². The minimum Gasteiger partial charge on any atom is -0.387 e. The summed E-state index contributed by atoms with van der Waals surface area (Å²) in [4.78, 5) is 4.92. The second-order valence-electron chi connectivity index (χ2n) is 5.43. The van der Waals surface area contributed by atoms with Gasteiger partial charge in [0.25, 0.3) is 0 Å². The maximum atomic E-state index is 4.92. The van der Waals surface area contributed by atoms with Crippen LogP contribution in [0.5, 0.6) is 0 Å². The van der Waals surface area contributed by atoms with Crippen LogP contribution in [-0.4, -0.2) is 12.0 Å². The van der Waals surface area contributed by atoms with Crippen molar-refractivity contribution in [3.8, 4) is 0 Å². The zero-order valence-corrected chi connectivity index (χ0v) is 11.9. The van der Waals surface area contributed by atoms with Crippen molar-refractivity contribution in [2.24, 2.45) is 0 Å². The van der Waals surface area contributed by atoms with Crippen molar-refractivity contribution in [2.75, 3.05) is 12.4 Å². The first kappa shape index (κ1) is 12.5. The van der Waals surface area contributed by atoms with Crippen LogP contribution in [0, 0.1) is 0 Å². The van der Waals surface area contributed by atoms with Gasteiger partial charge < -0.3 is 5.32 Å². The van der Waals surface area contributed by atoms with Crippen molar-refractivity contribution in [1.29, 1.82) is 0 Å². The minimum absolute atomic E-state index is 1.08. The maximum absolute atomic E-state index is 4.92. The molecule has 100 valence electrons. The number of benzene rings is 1. The van der Waals surface area contributed by atoms with E-state index < -0.39 is 0 Å². The molecule has 0 saturated heterocycles. The normalized spacial score (nSPS) is 15.1. The fourth-order valence-corrected chi connectivity index (χ4v) is 3.15. The van der Waals surface area contributed by atoms with E-state index in [0.717, 1.165) is 18.4 Å².